The summed E-state index contributed by atoms with van der Waals surface area (Å²) in [5.41, 5.74) is 7.86. The summed E-state index contributed by atoms with van der Waals surface area (Å²) in [4.78, 5) is 2.02. The Morgan fingerprint density at radius 1 is 1.25 bits per heavy atom. The molecule has 2 N–H and O–H groups in total. The second-order valence-electron chi connectivity index (χ2n) is 4.51. The van der Waals surface area contributed by atoms with Gasteiger partial charge in [-0.1, -0.05) is 17.7 Å². The molecule has 2 nitrogen and oxygen atoms in total. The zero-order chi connectivity index (χ0) is 14.7. The molecule has 0 radical (unpaired) electrons. The zero-order valence-corrected chi connectivity index (χ0v) is 13.3. The van der Waals surface area contributed by atoms with Gasteiger partial charge in [-0.2, -0.15) is 0 Å². The minimum absolute atomic E-state index is 0.00553. The number of rotatable bonds is 4. The van der Waals surface area contributed by atoms with Crippen LogP contribution in [0, 0.1) is 5.82 Å². The van der Waals surface area contributed by atoms with Crippen molar-refractivity contribution in [3.8, 4) is 0 Å². The van der Waals surface area contributed by atoms with E-state index >= 15 is 0 Å². The van der Waals surface area contributed by atoms with E-state index in [4.69, 9.17) is 17.3 Å². The van der Waals surface area contributed by atoms with Gasteiger partial charge in [0.2, 0.25) is 0 Å². The standard InChI is InChI=1S/C15H15BrClFN2/c1-20(12-5-3-11(18)4-6-12)15(9-19)10-2-7-14(17)13(16)8-10/h2-8,15H,9,19H2,1H3. The Kier molecular flexibility index (Phi) is 5.02. The van der Waals surface area contributed by atoms with Crippen molar-refractivity contribution in [2.24, 2.45) is 5.73 Å². The smallest absolute Gasteiger partial charge is 0.123 e. The molecule has 0 aromatic heterocycles. The number of halogens is 3. The van der Waals surface area contributed by atoms with E-state index in [0.29, 0.717) is 11.6 Å². The van der Waals surface area contributed by atoms with Crippen molar-refractivity contribution >= 4 is 33.2 Å². The number of hydrogen-bond acceptors (Lipinski definition) is 2. The van der Waals surface area contributed by atoms with Gasteiger partial charge in [-0.25, -0.2) is 4.39 Å². The lowest BCUT2D eigenvalue weighted by Crippen LogP contribution is -2.30. The maximum absolute atomic E-state index is 13.0. The number of hydrogen-bond donors (Lipinski definition) is 1. The first kappa shape index (κ1) is 15.3. The van der Waals surface area contributed by atoms with Crippen molar-refractivity contribution in [2.45, 2.75) is 6.04 Å². The van der Waals surface area contributed by atoms with E-state index in [1.807, 2.05) is 30.1 Å². The average Bonchev–Trinajstić information content (AvgIpc) is 2.44. The third kappa shape index (κ3) is 3.32. The molecule has 1 unspecified atom stereocenters. The third-order valence-corrected chi connectivity index (χ3v) is 4.47. The van der Waals surface area contributed by atoms with Crippen molar-refractivity contribution in [1.82, 2.24) is 0 Å². The Morgan fingerprint density at radius 3 is 2.45 bits per heavy atom. The molecule has 0 aliphatic rings. The maximum atomic E-state index is 13.0. The molecule has 2 aromatic rings. The average molecular weight is 358 g/mol. The quantitative estimate of drug-likeness (QED) is 0.880. The normalized spacial score (nSPS) is 12.2. The molecular formula is C15H15BrClFN2. The topological polar surface area (TPSA) is 29.3 Å². The monoisotopic (exact) mass is 356 g/mol. The molecule has 0 bridgehead atoms. The third-order valence-electron chi connectivity index (χ3n) is 3.25. The van der Waals surface area contributed by atoms with Crippen LogP contribution in [0.2, 0.25) is 5.02 Å². The molecule has 0 aliphatic carbocycles. The highest BCUT2D eigenvalue weighted by Crippen LogP contribution is 2.30. The SMILES string of the molecule is CN(c1ccc(F)cc1)C(CN)c1ccc(Cl)c(Br)c1. The Hall–Kier alpha value is -1.10. The maximum Gasteiger partial charge on any atom is 0.123 e. The van der Waals surface area contributed by atoms with Crippen LogP contribution < -0.4 is 10.6 Å². The van der Waals surface area contributed by atoms with Crippen LogP contribution in [0.25, 0.3) is 0 Å². The highest BCUT2D eigenvalue weighted by molar-refractivity contribution is 9.10. The second-order valence-corrected chi connectivity index (χ2v) is 5.77. The molecule has 0 saturated heterocycles. The van der Waals surface area contributed by atoms with Gasteiger partial charge < -0.3 is 10.6 Å². The van der Waals surface area contributed by atoms with Crippen molar-refractivity contribution < 1.29 is 4.39 Å². The van der Waals surface area contributed by atoms with Gasteiger partial charge in [-0.15, -0.1) is 0 Å². The molecule has 0 spiro atoms. The Balaban J connectivity index is 2.31. The number of nitrogens with two attached hydrogens (primary N) is 1. The fourth-order valence-corrected chi connectivity index (χ4v) is 2.61. The van der Waals surface area contributed by atoms with Gasteiger partial charge in [0.1, 0.15) is 5.82 Å². The van der Waals surface area contributed by atoms with E-state index in [1.54, 1.807) is 12.1 Å². The zero-order valence-electron chi connectivity index (χ0n) is 11.0. The minimum atomic E-state index is -0.249. The Morgan fingerprint density at radius 2 is 1.90 bits per heavy atom. The Bertz CT molecular complexity index is 589. The first-order valence-electron chi connectivity index (χ1n) is 6.16. The van der Waals surface area contributed by atoms with Gasteiger partial charge >= 0.3 is 0 Å². The number of nitrogens with zero attached hydrogens (tertiary/aromatic N) is 1. The summed E-state index contributed by atoms with van der Waals surface area (Å²) in [6.07, 6.45) is 0. The van der Waals surface area contributed by atoms with E-state index < -0.39 is 0 Å². The fraction of sp³-hybridized carbons (Fsp3) is 0.200. The lowest BCUT2D eigenvalue weighted by molar-refractivity contribution is 0.626. The van der Waals surface area contributed by atoms with E-state index in [1.165, 1.54) is 12.1 Å². The van der Waals surface area contributed by atoms with Crippen molar-refractivity contribution in [1.29, 1.82) is 0 Å². The van der Waals surface area contributed by atoms with Gasteiger partial charge in [0, 0.05) is 23.8 Å². The largest absolute Gasteiger partial charge is 0.366 e. The predicted octanol–water partition coefficient (Wildman–Crippen LogP) is 4.38. The number of likely N-dealkylation sites (N-methyl/N-ethyl adjacent to an activating group) is 1. The van der Waals surface area contributed by atoms with Crippen molar-refractivity contribution in [3.63, 3.8) is 0 Å². The highest BCUT2D eigenvalue weighted by atomic mass is 79.9. The van der Waals surface area contributed by atoms with Crippen LogP contribution in [0.4, 0.5) is 10.1 Å². The molecule has 0 heterocycles. The van der Waals surface area contributed by atoms with Crippen LogP contribution in [0.5, 0.6) is 0 Å². The fourth-order valence-electron chi connectivity index (χ4n) is 2.09. The molecule has 106 valence electrons. The molecule has 0 amide bonds. The molecule has 2 rings (SSSR count). The summed E-state index contributed by atoms with van der Waals surface area (Å²) in [6.45, 7) is 0.446. The summed E-state index contributed by atoms with van der Waals surface area (Å²) >= 11 is 9.43. The van der Waals surface area contributed by atoms with Crippen LogP contribution in [-0.4, -0.2) is 13.6 Å². The molecule has 0 saturated carbocycles. The predicted molar refractivity (Wildman–Crippen MR) is 85.8 cm³/mol. The van der Waals surface area contributed by atoms with Crippen LogP contribution >= 0.6 is 27.5 Å². The van der Waals surface area contributed by atoms with Crippen LogP contribution in [0.15, 0.2) is 46.9 Å². The van der Waals surface area contributed by atoms with Crippen LogP contribution in [-0.2, 0) is 0 Å². The molecule has 5 heteroatoms. The summed E-state index contributed by atoms with van der Waals surface area (Å²) in [6, 6.07) is 12.1. The first-order chi connectivity index (χ1) is 9.52. The summed E-state index contributed by atoms with van der Waals surface area (Å²) in [5.74, 6) is -0.249. The van der Waals surface area contributed by atoms with Crippen molar-refractivity contribution in [2.75, 3.05) is 18.5 Å². The van der Waals surface area contributed by atoms with Gasteiger partial charge in [-0.05, 0) is 57.9 Å². The van der Waals surface area contributed by atoms with Gasteiger partial charge in [0.05, 0.1) is 11.1 Å². The Labute approximate surface area is 131 Å². The lowest BCUT2D eigenvalue weighted by Gasteiger charge is -2.29. The molecule has 2 aromatic carbocycles. The molecule has 0 aliphatic heterocycles. The van der Waals surface area contributed by atoms with Crippen LogP contribution in [0.1, 0.15) is 11.6 Å². The molecule has 0 fully saturated rings. The molecule has 20 heavy (non-hydrogen) atoms. The van der Waals surface area contributed by atoms with Crippen LogP contribution in [0.3, 0.4) is 0 Å². The first-order valence-corrected chi connectivity index (χ1v) is 7.33. The highest BCUT2D eigenvalue weighted by Gasteiger charge is 2.17. The van der Waals surface area contributed by atoms with E-state index in [2.05, 4.69) is 15.9 Å². The van der Waals surface area contributed by atoms with Gasteiger partial charge in [0.15, 0.2) is 0 Å². The lowest BCUT2D eigenvalue weighted by atomic mass is 10.1. The van der Waals surface area contributed by atoms with Crippen molar-refractivity contribution in [3.05, 3.63) is 63.3 Å². The van der Waals surface area contributed by atoms with E-state index in [-0.39, 0.29) is 11.9 Å². The second kappa shape index (κ2) is 6.57. The van der Waals surface area contributed by atoms with E-state index in [9.17, 15) is 4.39 Å². The van der Waals surface area contributed by atoms with E-state index in [0.717, 1.165) is 15.7 Å². The summed E-state index contributed by atoms with van der Waals surface area (Å²) in [5, 5.41) is 0.661. The van der Waals surface area contributed by atoms with Gasteiger partial charge in [0.25, 0.3) is 0 Å². The molecular weight excluding hydrogens is 343 g/mol. The molecule has 1 atom stereocenters. The number of anilines is 1. The number of benzene rings is 2. The van der Waals surface area contributed by atoms with Gasteiger partial charge in [-0.3, -0.25) is 0 Å². The summed E-state index contributed by atoms with van der Waals surface area (Å²) < 4.78 is 13.8. The minimum Gasteiger partial charge on any atom is -0.366 e. The summed E-state index contributed by atoms with van der Waals surface area (Å²) in [7, 11) is 1.94.